The van der Waals surface area contributed by atoms with E-state index in [4.69, 9.17) is 0 Å². The molecule has 2 aliphatic rings. The van der Waals surface area contributed by atoms with Gasteiger partial charge in [0.05, 0.1) is 0 Å². The van der Waals surface area contributed by atoms with E-state index in [1.807, 2.05) is 96.5 Å². The van der Waals surface area contributed by atoms with Crippen LogP contribution in [0.25, 0.3) is 0 Å². The van der Waals surface area contributed by atoms with E-state index in [1.165, 1.54) is 24.3 Å². The maximum atomic E-state index is 14.0. The van der Waals surface area contributed by atoms with Gasteiger partial charge in [-0.25, -0.2) is 41.9 Å². The fourth-order valence-electron chi connectivity index (χ4n) is 4.83. The van der Waals surface area contributed by atoms with Crippen LogP contribution in [0.5, 0.6) is 0 Å². The first-order valence-corrected chi connectivity index (χ1v) is 17.1. The summed E-state index contributed by atoms with van der Waals surface area (Å²) in [5.74, 6) is -2.65. The Morgan fingerprint density at radius 2 is 0.922 bits per heavy atom. The van der Waals surface area contributed by atoms with Gasteiger partial charge in [0, 0.05) is 47.7 Å². The van der Waals surface area contributed by atoms with Crippen LogP contribution in [0.2, 0.25) is 0 Å². The molecular formula is C44H46F4N2Ti. The van der Waals surface area contributed by atoms with Crippen LogP contribution >= 0.6 is 0 Å². The molecule has 0 spiro atoms. The minimum absolute atomic E-state index is 0. The van der Waals surface area contributed by atoms with Crippen molar-refractivity contribution in [2.45, 2.75) is 66.2 Å². The van der Waals surface area contributed by atoms with E-state index in [0.717, 1.165) is 61.0 Å². The third-order valence-electron chi connectivity index (χ3n) is 7.60. The maximum absolute atomic E-state index is 14.0. The van der Waals surface area contributed by atoms with Crippen molar-refractivity contribution in [1.29, 1.82) is 0 Å². The Hall–Kier alpha value is -4.13. The Morgan fingerprint density at radius 3 is 1.18 bits per heavy atom. The first-order valence-electron chi connectivity index (χ1n) is 17.1. The number of nitrogens with zero attached hydrogens (tertiary/aromatic N) is 2. The molecule has 0 amide bonds. The van der Waals surface area contributed by atoms with Gasteiger partial charge in [-0.3, -0.25) is 12.2 Å². The third-order valence-corrected chi connectivity index (χ3v) is 7.60. The van der Waals surface area contributed by atoms with Crippen LogP contribution in [-0.4, -0.2) is 13.1 Å². The fraction of sp³-hybridized carbons (Fsp3) is 0.273. The summed E-state index contributed by atoms with van der Waals surface area (Å²) in [6.07, 6.45) is 23.9. The molecular weight excluding hydrogens is 680 g/mol. The minimum Gasteiger partial charge on any atom is -0.392 e. The van der Waals surface area contributed by atoms with Crippen molar-refractivity contribution in [2.75, 3.05) is 22.9 Å². The van der Waals surface area contributed by atoms with E-state index >= 15 is 0 Å². The van der Waals surface area contributed by atoms with E-state index in [0.29, 0.717) is 24.5 Å². The van der Waals surface area contributed by atoms with Crippen LogP contribution < -0.4 is 9.80 Å². The molecule has 0 N–H and O–H groups in total. The Morgan fingerprint density at radius 1 is 0.549 bits per heavy atom. The number of hydrogen-bond acceptors (Lipinski definition) is 2. The monoisotopic (exact) mass is 726 g/mol. The molecule has 0 atom stereocenters. The predicted molar refractivity (Wildman–Crippen MR) is 200 cm³/mol. The van der Waals surface area contributed by atoms with Crippen molar-refractivity contribution >= 4 is 22.7 Å². The van der Waals surface area contributed by atoms with Gasteiger partial charge < -0.3 is 9.80 Å². The Labute approximate surface area is 317 Å². The molecule has 0 saturated carbocycles. The van der Waals surface area contributed by atoms with Gasteiger partial charge in [0.1, 0.15) is 0 Å². The van der Waals surface area contributed by atoms with Crippen molar-refractivity contribution in [3.8, 4) is 0 Å². The summed E-state index contributed by atoms with van der Waals surface area (Å²) in [5, 5.41) is 0. The molecule has 2 nitrogen and oxygen atoms in total. The molecule has 0 unspecified atom stereocenters. The summed E-state index contributed by atoms with van der Waals surface area (Å²) in [6, 6.07) is 25.4. The number of aryl methyl sites for hydroxylation is 2. The van der Waals surface area contributed by atoms with Crippen molar-refractivity contribution in [3.63, 3.8) is 0 Å². The van der Waals surface area contributed by atoms with Crippen molar-refractivity contribution in [1.82, 2.24) is 0 Å². The van der Waals surface area contributed by atoms with E-state index in [9.17, 15) is 17.6 Å². The summed E-state index contributed by atoms with van der Waals surface area (Å²) in [4.78, 5) is 3.74. The van der Waals surface area contributed by atoms with Gasteiger partial charge >= 0.3 is 21.7 Å². The van der Waals surface area contributed by atoms with Crippen molar-refractivity contribution in [2.24, 2.45) is 0 Å². The Bertz CT molecular complexity index is 1550. The molecule has 7 heteroatoms. The summed E-state index contributed by atoms with van der Waals surface area (Å²) in [6.45, 7) is 9.56. The second kappa shape index (κ2) is 24.1. The number of allylic oxidation sites excluding steroid dienone is 8. The minimum atomic E-state index is -0.675. The molecule has 0 radical (unpaired) electrons. The van der Waals surface area contributed by atoms with E-state index in [2.05, 4.69) is 50.3 Å². The normalized spacial score (nSPS) is 11.8. The zero-order valence-electron chi connectivity index (χ0n) is 30.0. The SMILES string of the molecule is CCCCN(c1ccc(C)cc1)c1ccc(F)[c-]c1F.CCCCN(c1ccc(C)cc1)c1ccc(F)[c-]c1F.[C-]1=CC=CC1.[C-]1=CC=CC1.[Ti+4]. The van der Waals surface area contributed by atoms with E-state index < -0.39 is 23.3 Å². The first kappa shape index (κ1) is 43.0. The molecule has 6 rings (SSSR count). The molecule has 0 saturated heterocycles. The molecule has 2 aliphatic carbocycles. The van der Waals surface area contributed by atoms with Crippen LogP contribution in [0, 0.1) is 61.4 Å². The second-order valence-electron chi connectivity index (χ2n) is 11.7. The quantitative estimate of drug-likeness (QED) is 0.0912. The molecule has 0 bridgehead atoms. The molecule has 0 aromatic heterocycles. The predicted octanol–water partition coefficient (Wildman–Crippen LogP) is 12.6. The molecule has 0 aliphatic heterocycles. The van der Waals surface area contributed by atoms with Crippen LogP contribution in [0.15, 0.2) is 109 Å². The van der Waals surface area contributed by atoms with Crippen LogP contribution in [0.4, 0.5) is 40.3 Å². The summed E-state index contributed by atoms with van der Waals surface area (Å²) in [5.41, 5.74) is 4.84. The number of anilines is 4. The van der Waals surface area contributed by atoms with Crippen LogP contribution in [0.1, 0.15) is 63.5 Å². The largest absolute Gasteiger partial charge is 4.00 e. The van der Waals surface area contributed by atoms with Gasteiger partial charge in [-0.05, 0) is 62.3 Å². The molecule has 0 heterocycles. The summed E-state index contributed by atoms with van der Waals surface area (Å²) < 4.78 is 53.9. The van der Waals surface area contributed by atoms with Gasteiger partial charge in [0.2, 0.25) is 0 Å². The number of rotatable bonds is 10. The zero-order chi connectivity index (χ0) is 36.1. The Balaban J connectivity index is 0.000000273. The van der Waals surface area contributed by atoms with E-state index in [1.54, 1.807) is 0 Å². The zero-order valence-corrected chi connectivity index (χ0v) is 31.5. The second-order valence-corrected chi connectivity index (χ2v) is 11.7. The standard InChI is InChI=1S/2C17H18F2N.2C5H5.Ti/c2*1-3-4-11-20(15-8-5-13(2)6-9-15)17-10-7-14(18)12-16(17)19;2*1-2-4-5-3-1;/h2*5-10H,3-4,11H2,1-2H3;2*1-3H,4H2;/q4*-1;+4. The smallest absolute Gasteiger partial charge is 0.392 e. The van der Waals surface area contributed by atoms with E-state index in [-0.39, 0.29) is 21.7 Å². The van der Waals surface area contributed by atoms with Gasteiger partial charge in [-0.15, -0.1) is 49.2 Å². The summed E-state index contributed by atoms with van der Waals surface area (Å²) >= 11 is 0. The number of halogens is 4. The first-order chi connectivity index (χ1) is 24.2. The third kappa shape index (κ3) is 15.3. The van der Waals surface area contributed by atoms with Gasteiger partial charge in [-0.1, -0.05) is 62.1 Å². The van der Waals surface area contributed by atoms with Crippen molar-refractivity contribution < 1.29 is 39.3 Å². The maximum Gasteiger partial charge on any atom is 4.00 e. The van der Waals surface area contributed by atoms with Gasteiger partial charge in [0.25, 0.3) is 0 Å². The van der Waals surface area contributed by atoms with Crippen LogP contribution in [-0.2, 0) is 21.7 Å². The average Bonchev–Trinajstić information content (AvgIpc) is 3.89. The van der Waals surface area contributed by atoms with Crippen molar-refractivity contribution in [3.05, 3.63) is 168 Å². The molecule has 264 valence electrons. The molecule has 51 heavy (non-hydrogen) atoms. The Kier molecular flexibility index (Phi) is 20.4. The number of benzene rings is 4. The molecule has 0 fully saturated rings. The fourth-order valence-corrected chi connectivity index (χ4v) is 4.83. The van der Waals surface area contributed by atoms with Crippen LogP contribution in [0.3, 0.4) is 0 Å². The number of hydrogen-bond donors (Lipinski definition) is 0. The summed E-state index contributed by atoms with van der Waals surface area (Å²) in [7, 11) is 0. The van der Waals surface area contributed by atoms with Gasteiger partial charge in [-0.2, -0.15) is 12.2 Å². The average molecular weight is 727 g/mol. The molecule has 4 aromatic carbocycles. The number of unbranched alkanes of at least 4 members (excludes halogenated alkanes) is 2. The van der Waals surface area contributed by atoms with Gasteiger partial charge in [0.15, 0.2) is 0 Å². The molecule has 4 aromatic rings. The topological polar surface area (TPSA) is 6.48 Å².